The number of H-pyrrole nitrogens is 1. The van der Waals surface area contributed by atoms with Crippen molar-refractivity contribution in [3.8, 4) is 0 Å². The fraction of sp³-hybridized carbons (Fsp3) is 0.474. The van der Waals surface area contributed by atoms with E-state index in [-0.39, 0.29) is 5.91 Å². The Kier molecular flexibility index (Phi) is 3.55. The molecule has 0 bridgehead atoms. The zero-order chi connectivity index (χ0) is 17.7. The van der Waals surface area contributed by atoms with E-state index < -0.39 is 0 Å². The molecular formula is C19H22N6O. The van der Waals surface area contributed by atoms with Crippen LogP contribution in [0, 0.1) is 6.92 Å². The van der Waals surface area contributed by atoms with Crippen molar-refractivity contribution in [2.75, 3.05) is 6.54 Å². The third kappa shape index (κ3) is 2.50. The van der Waals surface area contributed by atoms with Crippen molar-refractivity contribution in [3.63, 3.8) is 0 Å². The van der Waals surface area contributed by atoms with Gasteiger partial charge < -0.3 is 14.5 Å². The predicted octanol–water partition coefficient (Wildman–Crippen LogP) is 2.78. The third-order valence-corrected chi connectivity index (χ3v) is 5.62. The summed E-state index contributed by atoms with van der Waals surface area (Å²) in [5.41, 5.74) is 4.42. The number of nitrogens with zero attached hydrogens (tertiary/aromatic N) is 5. The zero-order valence-electron chi connectivity index (χ0n) is 14.9. The number of rotatable bonds is 2. The van der Waals surface area contributed by atoms with Crippen molar-refractivity contribution in [1.82, 2.24) is 29.4 Å². The molecule has 1 fully saturated rings. The number of nitrogens with one attached hydrogen (secondary N) is 1. The quantitative estimate of drug-likeness (QED) is 0.771. The molecule has 1 aliphatic heterocycles. The first-order chi connectivity index (χ1) is 12.7. The number of pyridine rings is 1. The van der Waals surface area contributed by atoms with Crippen LogP contribution in [-0.4, -0.2) is 41.9 Å². The van der Waals surface area contributed by atoms with Crippen molar-refractivity contribution in [3.05, 3.63) is 41.4 Å². The first kappa shape index (κ1) is 15.5. The summed E-state index contributed by atoms with van der Waals surface area (Å²) in [7, 11) is 0. The number of carbonyl (C=O) groups is 1. The Balaban J connectivity index is 1.41. The van der Waals surface area contributed by atoms with E-state index in [9.17, 15) is 4.79 Å². The van der Waals surface area contributed by atoms with Gasteiger partial charge in [0.25, 0.3) is 5.91 Å². The fourth-order valence-electron chi connectivity index (χ4n) is 4.28. The summed E-state index contributed by atoms with van der Waals surface area (Å²) in [5, 5.41) is 0. The Morgan fingerprint density at radius 2 is 2.12 bits per heavy atom. The maximum Gasteiger partial charge on any atom is 0.255 e. The molecule has 1 aliphatic carbocycles. The van der Waals surface area contributed by atoms with Gasteiger partial charge in [0.15, 0.2) is 5.65 Å². The first-order valence-electron chi connectivity index (χ1n) is 9.35. The normalized spacial score (nSPS) is 17.8. The van der Waals surface area contributed by atoms with Gasteiger partial charge in [-0.1, -0.05) is 12.8 Å². The lowest BCUT2D eigenvalue weighted by molar-refractivity contribution is 0.0731. The van der Waals surface area contributed by atoms with E-state index in [1.165, 1.54) is 25.7 Å². The summed E-state index contributed by atoms with van der Waals surface area (Å²) in [6.45, 7) is 3.21. The minimum absolute atomic E-state index is 0.00715. The summed E-state index contributed by atoms with van der Waals surface area (Å²) in [5.74, 6) is 0.914. The molecule has 0 aromatic carbocycles. The van der Waals surface area contributed by atoms with E-state index >= 15 is 0 Å². The highest BCUT2D eigenvalue weighted by Gasteiger charge is 2.25. The van der Waals surface area contributed by atoms with Gasteiger partial charge in [0, 0.05) is 25.2 Å². The highest BCUT2D eigenvalue weighted by atomic mass is 16.2. The molecule has 1 N–H and O–H groups in total. The molecule has 1 saturated carbocycles. The van der Waals surface area contributed by atoms with Crippen LogP contribution < -0.4 is 0 Å². The van der Waals surface area contributed by atoms with Gasteiger partial charge in [0.1, 0.15) is 11.3 Å². The van der Waals surface area contributed by atoms with Crippen LogP contribution in [-0.2, 0) is 13.0 Å². The maximum absolute atomic E-state index is 12.9. The number of aromatic amines is 1. The molecule has 7 heteroatoms. The first-order valence-corrected chi connectivity index (χ1v) is 9.35. The maximum atomic E-state index is 12.9. The fourth-order valence-corrected chi connectivity index (χ4v) is 4.28. The molecule has 0 spiro atoms. The summed E-state index contributed by atoms with van der Waals surface area (Å²) in [4.78, 5) is 31.6. The predicted molar refractivity (Wildman–Crippen MR) is 96.8 cm³/mol. The van der Waals surface area contributed by atoms with Crippen molar-refractivity contribution in [2.45, 2.75) is 51.6 Å². The topological polar surface area (TPSA) is 79.7 Å². The van der Waals surface area contributed by atoms with E-state index in [2.05, 4.69) is 24.5 Å². The molecule has 0 saturated heterocycles. The Morgan fingerprint density at radius 3 is 2.96 bits per heavy atom. The van der Waals surface area contributed by atoms with Crippen molar-refractivity contribution in [1.29, 1.82) is 0 Å². The van der Waals surface area contributed by atoms with Gasteiger partial charge in [0.05, 0.1) is 29.8 Å². The lowest BCUT2D eigenvalue weighted by atomic mass is 10.1. The molecule has 1 amide bonds. The molecule has 7 nitrogen and oxygen atoms in total. The number of aromatic nitrogens is 5. The van der Waals surface area contributed by atoms with Gasteiger partial charge in [0.2, 0.25) is 0 Å². The highest BCUT2D eigenvalue weighted by molar-refractivity contribution is 5.96. The van der Waals surface area contributed by atoms with Gasteiger partial charge in [-0.2, -0.15) is 0 Å². The molecule has 5 rings (SSSR count). The van der Waals surface area contributed by atoms with Crippen LogP contribution in [0.4, 0.5) is 0 Å². The number of imidazole rings is 2. The largest absolute Gasteiger partial charge is 0.344 e. The number of hydrogen-bond acceptors (Lipinski definition) is 4. The molecule has 2 aliphatic rings. The van der Waals surface area contributed by atoms with Gasteiger partial charge in [-0.25, -0.2) is 15.0 Å². The van der Waals surface area contributed by atoms with Gasteiger partial charge in [-0.3, -0.25) is 4.79 Å². The van der Waals surface area contributed by atoms with Crippen LogP contribution in [0.5, 0.6) is 0 Å². The standard InChI is InChI=1S/C19H22N6O/c1-12-22-15-6-7-24(10-17(15)23-12)19(26)13-8-16-18(20-9-13)25(11-21-16)14-4-2-3-5-14/h8-9,11,14H,2-7,10H2,1H3,(H,22,23). The SMILES string of the molecule is Cc1nc2c([nH]1)CN(C(=O)c1cnc3c(c1)ncn3C1CCCC1)CC2. The Morgan fingerprint density at radius 1 is 1.27 bits per heavy atom. The van der Waals surface area contributed by atoms with Crippen molar-refractivity contribution < 1.29 is 4.79 Å². The van der Waals surface area contributed by atoms with Gasteiger partial charge in [-0.05, 0) is 25.8 Å². The molecule has 4 heterocycles. The molecule has 0 atom stereocenters. The minimum Gasteiger partial charge on any atom is -0.344 e. The van der Waals surface area contributed by atoms with Crippen LogP contribution in [0.25, 0.3) is 11.2 Å². The Bertz CT molecular complexity index is 981. The van der Waals surface area contributed by atoms with Crippen LogP contribution in [0.1, 0.15) is 59.3 Å². The van der Waals surface area contributed by atoms with Crippen LogP contribution in [0.2, 0.25) is 0 Å². The van der Waals surface area contributed by atoms with E-state index in [0.29, 0.717) is 24.7 Å². The van der Waals surface area contributed by atoms with E-state index in [1.54, 1.807) is 6.20 Å². The molecule has 3 aromatic rings. The van der Waals surface area contributed by atoms with E-state index in [4.69, 9.17) is 0 Å². The molecule has 0 unspecified atom stereocenters. The van der Waals surface area contributed by atoms with Crippen LogP contribution >= 0.6 is 0 Å². The van der Waals surface area contributed by atoms with Crippen LogP contribution in [0.3, 0.4) is 0 Å². The number of amides is 1. The summed E-state index contributed by atoms with van der Waals surface area (Å²) in [6, 6.07) is 2.38. The summed E-state index contributed by atoms with van der Waals surface area (Å²) < 4.78 is 2.18. The third-order valence-electron chi connectivity index (χ3n) is 5.62. The lowest BCUT2D eigenvalue weighted by Gasteiger charge is -2.26. The zero-order valence-corrected chi connectivity index (χ0v) is 14.9. The second kappa shape index (κ2) is 5.93. The van der Waals surface area contributed by atoms with Crippen molar-refractivity contribution >= 4 is 17.1 Å². The van der Waals surface area contributed by atoms with E-state index in [0.717, 1.165) is 34.8 Å². The lowest BCUT2D eigenvalue weighted by Crippen LogP contribution is -2.36. The van der Waals surface area contributed by atoms with Gasteiger partial charge >= 0.3 is 0 Å². The number of fused-ring (bicyclic) bond motifs is 2. The molecule has 134 valence electrons. The Labute approximate surface area is 151 Å². The Hall–Kier alpha value is -2.70. The highest BCUT2D eigenvalue weighted by Crippen LogP contribution is 2.31. The number of hydrogen-bond donors (Lipinski definition) is 1. The van der Waals surface area contributed by atoms with E-state index in [1.807, 2.05) is 24.2 Å². The summed E-state index contributed by atoms with van der Waals surface area (Å²) >= 11 is 0. The monoisotopic (exact) mass is 350 g/mol. The van der Waals surface area contributed by atoms with Gasteiger partial charge in [-0.15, -0.1) is 0 Å². The second-order valence-corrected chi connectivity index (χ2v) is 7.38. The number of carbonyl (C=O) groups excluding carboxylic acids is 1. The smallest absolute Gasteiger partial charge is 0.255 e. The molecule has 3 aromatic heterocycles. The average molecular weight is 350 g/mol. The molecule has 26 heavy (non-hydrogen) atoms. The molecular weight excluding hydrogens is 328 g/mol. The average Bonchev–Trinajstić information content (AvgIpc) is 3.37. The molecule has 0 radical (unpaired) electrons. The van der Waals surface area contributed by atoms with Crippen molar-refractivity contribution in [2.24, 2.45) is 0 Å². The second-order valence-electron chi connectivity index (χ2n) is 7.38. The minimum atomic E-state index is 0.00715. The van der Waals surface area contributed by atoms with Crippen LogP contribution in [0.15, 0.2) is 18.6 Å². The summed E-state index contributed by atoms with van der Waals surface area (Å²) in [6.07, 6.45) is 9.28. The number of aryl methyl sites for hydroxylation is 1.